The molecule has 0 saturated heterocycles. The summed E-state index contributed by atoms with van der Waals surface area (Å²) in [6, 6.07) is 7.43. The predicted octanol–water partition coefficient (Wildman–Crippen LogP) is 3.10. The average molecular weight is 366 g/mol. The molecule has 7 nitrogen and oxygen atoms in total. The molecule has 0 saturated carbocycles. The Labute approximate surface area is 155 Å². The summed E-state index contributed by atoms with van der Waals surface area (Å²) in [6.45, 7) is 0. The Bertz CT molecular complexity index is 1030. The normalized spacial score (nSPS) is 15.8. The van der Waals surface area contributed by atoms with E-state index in [0.717, 1.165) is 22.2 Å². The van der Waals surface area contributed by atoms with Crippen LogP contribution >= 0.6 is 0 Å². The second kappa shape index (κ2) is 6.75. The summed E-state index contributed by atoms with van der Waals surface area (Å²) < 4.78 is 22.0. The van der Waals surface area contributed by atoms with E-state index >= 15 is 0 Å². The van der Waals surface area contributed by atoms with E-state index in [9.17, 15) is 4.79 Å². The van der Waals surface area contributed by atoms with Crippen molar-refractivity contribution in [2.45, 2.75) is 12.3 Å². The van der Waals surface area contributed by atoms with E-state index in [1.165, 1.54) is 7.11 Å². The van der Waals surface area contributed by atoms with Crippen LogP contribution in [0.1, 0.15) is 23.5 Å². The number of methoxy groups -OCH3 is 3. The van der Waals surface area contributed by atoms with E-state index in [2.05, 4.69) is 9.97 Å². The van der Waals surface area contributed by atoms with Crippen molar-refractivity contribution >= 4 is 17.0 Å². The quantitative estimate of drug-likeness (QED) is 0.518. The number of hydrogen-bond acceptors (Lipinski definition) is 7. The number of aromatic nitrogens is 2. The maximum atomic E-state index is 12.3. The minimum atomic E-state index is -0.319. The van der Waals surface area contributed by atoms with Gasteiger partial charge in [-0.3, -0.25) is 14.8 Å². The van der Waals surface area contributed by atoms with Crippen molar-refractivity contribution in [3.8, 4) is 23.0 Å². The SMILES string of the molecule is COc1cc2c(c(OC)c1OC)C(c1ccc3nccnc3c1)CC(=O)O2. The van der Waals surface area contributed by atoms with Crippen molar-refractivity contribution in [1.82, 2.24) is 9.97 Å². The van der Waals surface area contributed by atoms with Crippen molar-refractivity contribution in [2.75, 3.05) is 21.3 Å². The number of carbonyl (C=O) groups is 1. The summed E-state index contributed by atoms with van der Waals surface area (Å²) in [5.74, 6) is 1.21. The molecule has 4 rings (SSSR count). The van der Waals surface area contributed by atoms with Gasteiger partial charge >= 0.3 is 5.97 Å². The van der Waals surface area contributed by atoms with Gasteiger partial charge in [0.2, 0.25) is 5.75 Å². The number of rotatable bonds is 4. The van der Waals surface area contributed by atoms with E-state index in [4.69, 9.17) is 18.9 Å². The third-order valence-electron chi connectivity index (χ3n) is 4.67. The van der Waals surface area contributed by atoms with E-state index in [-0.39, 0.29) is 18.3 Å². The highest BCUT2D eigenvalue weighted by Gasteiger charge is 2.35. The molecule has 7 heteroatoms. The molecule has 1 aromatic heterocycles. The van der Waals surface area contributed by atoms with Crippen LogP contribution in [0.5, 0.6) is 23.0 Å². The van der Waals surface area contributed by atoms with Gasteiger partial charge in [-0.05, 0) is 17.7 Å². The molecule has 1 aliphatic heterocycles. The summed E-state index contributed by atoms with van der Waals surface area (Å²) >= 11 is 0. The Morgan fingerprint density at radius 3 is 2.41 bits per heavy atom. The first-order chi connectivity index (χ1) is 13.2. The summed E-state index contributed by atoms with van der Waals surface area (Å²) in [7, 11) is 4.62. The van der Waals surface area contributed by atoms with Gasteiger partial charge in [0, 0.05) is 29.9 Å². The van der Waals surface area contributed by atoms with Crippen molar-refractivity contribution in [3.05, 3.63) is 47.8 Å². The van der Waals surface area contributed by atoms with E-state index < -0.39 is 0 Å². The molecule has 2 heterocycles. The van der Waals surface area contributed by atoms with Gasteiger partial charge in [0.05, 0.1) is 38.8 Å². The van der Waals surface area contributed by atoms with Gasteiger partial charge in [-0.2, -0.15) is 0 Å². The van der Waals surface area contributed by atoms with Gasteiger partial charge in [0.1, 0.15) is 5.75 Å². The van der Waals surface area contributed by atoms with Crippen LogP contribution in [0.15, 0.2) is 36.7 Å². The van der Waals surface area contributed by atoms with Gasteiger partial charge < -0.3 is 18.9 Å². The smallest absolute Gasteiger partial charge is 0.312 e. The maximum absolute atomic E-state index is 12.3. The van der Waals surface area contributed by atoms with Crippen molar-refractivity contribution in [2.24, 2.45) is 0 Å². The number of benzene rings is 2. The van der Waals surface area contributed by atoms with Gasteiger partial charge in [-0.1, -0.05) is 6.07 Å². The van der Waals surface area contributed by atoms with Crippen LogP contribution in [0.3, 0.4) is 0 Å². The molecule has 1 aliphatic rings. The Kier molecular flexibility index (Phi) is 4.27. The van der Waals surface area contributed by atoms with Gasteiger partial charge in [0.15, 0.2) is 11.5 Å². The maximum Gasteiger partial charge on any atom is 0.312 e. The molecule has 1 unspecified atom stereocenters. The monoisotopic (exact) mass is 366 g/mol. The molecule has 2 aromatic carbocycles. The molecular weight excluding hydrogens is 348 g/mol. The second-order valence-corrected chi connectivity index (χ2v) is 6.09. The Morgan fingerprint density at radius 1 is 0.963 bits per heavy atom. The number of fused-ring (bicyclic) bond motifs is 2. The fourth-order valence-corrected chi connectivity index (χ4v) is 3.49. The molecule has 0 aliphatic carbocycles. The van der Waals surface area contributed by atoms with Gasteiger partial charge in [0.25, 0.3) is 0 Å². The van der Waals surface area contributed by atoms with E-state index in [1.54, 1.807) is 32.7 Å². The van der Waals surface area contributed by atoms with Crippen LogP contribution in [0.25, 0.3) is 11.0 Å². The Morgan fingerprint density at radius 2 is 1.70 bits per heavy atom. The summed E-state index contributed by atoms with van der Waals surface area (Å²) in [5.41, 5.74) is 3.22. The fourth-order valence-electron chi connectivity index (χ4n) is 3.49. The van der Waals surface area contributed by atoms with Crippen molar-refractivity contribution in [1.29, 1.82) is 0 Å². The van der Waals surface area contributed by atoms with E-state index in [1.807, 2.05) is 18.2 Å². The summed E-state index contributed by atoms with van der Waals surface area (Å²) in [5, 5.41) is 0. The molecule has 27 heavy (non-hydrogen) atoms. The Balaban J connectivity index is 1.94. The highest BCUT2D eigenvalue weighted by molar-refractivity contribution is 5.82. The lowest BCUT2D eigenvalue weighted by Crippen LogP contribution is -2.22. The zero-order valence-corrected chi connectivity index (χ0v) is 15.2. The fraction of sp³-hybridized carbons (Fsp3) is 0.250. The van der Waals surface area contributed by atoms with E-state index in [0.29, 0.717) is 23.0 Å². The largest absolute Gasteiger partial charge is 0.493 e. The van der Waals surface area contributed by atoms with Gasteiger partial charge in [-0.15, -0.1) is 0 Å². The van der Waals surface area contributed by atoms with Crippen molar-refractivity contribution < 1.29 is 23.7 Å². The lowest BCUT2D eigenvalue weighted by molar-refractivity contribution is -0.135. The molecule has 0 fully saturated rings. The lowest BCUT2D eigenvalue weighted by atomic mass is 9.85. The van der Waals surface area contributed by atoms with Crippen LogP contribution in [0.2, 0.25) is 0 Å². The third-order valence-corrected chi connectivity index (χ3v) is 4.67. The molecule has 138 valence electrons. The molecule has 0 N–H and O–H groups in total. The minimum Gasteiger partial charge on any atom is -0.493 e. The number of carbonyl (C=O) groups excluding carboxylic acids is 1. The predicted molar refractivity (Wildman–Crippen MR) is 97.7 cm³/mol. The summed E-state index contributed by atoms with van der Waals surface area (Å²) in [4.78, 5) is 20.9. The van der Waals surface area contributed by atoms with Crippen LogP contribution in [0, 0.1) is 0 Å². The molecule has 1 atom stereocenters. The average Bonchev–Trinajstić information content (AvgIpc) is 2.71. The van der Waals surface area contributed by atoms with Crippen LogP contribution < -0.4 is 18.9 Å². The molecule has 3 aromatic rings. The minimum absolute atomic E-state index is 0.185. The number of esters is 1. The summed E-state index contributed by atoms with van der Waals surface area (Å²) in [6.07, 6.45) is 3.48. The van der Waals surface area contributed by atoms with Crippen LogP contribution in [-0.2, 0) is 4.79 Å². The van der Waals surface area contributed by atoms with Crippen molar-refractivity contribution in [3.63, 3.8) is 0 Å². The van der Waals surface area contributed by atoms with Crippen LogP contribution in [0.4, 0.5) is 0 Å². The van der Waals surface area contributed by atoms with Crippen LogP contribution in [-0.4, -0.2) is 37.3 Å². The highest BCUT2D eigenvalue weighted by Crippen LogP contribution is 2.52. The molecular formula is C20H18N2O5. The first-order valence-corrected chi connectivity index (χ1v) is 8.40. The standard InChI is InChI=1S/C20H18N2O5/c1-24-16-10-15-18(20(26-3)19(16)25-2)12(9-17(23)27-15)11-4-5-13-14(8-11)22-7-6-21-13/h4-8,10,12H,9H2,1-3H3. The molecule has 0 bridgehead atoms. The second-order valence-electron chi connectivity index (χ2n) is 6.09. The third kappa shape index (κ3) is 2.81. The lowest BCUT2D eigenvalue weighted by Gasteiger charge is -2.28. The molecule has 0 spiro atoms. The number of hydrogen-bond donors (Lipinski definition) is 0. The zero-order valence-electron chi connectivity index (χ0n) is 15.2. The highest BCUT2D eigenvalue weighted by atomic mass is 16.5. The topological polar surface area (TPSA) is 79.8 Å². The number of ether oxygens (including phenoxy) is 4. The first kappa shape index (κ1) is 17.1. The Hall–Kier alpha value is -3.35. The number of nitrogens with zero attached hydrogens (tertiary/aromatic N) is 2. The van der Waals surface area contributed by atoms with Gasteiger partial charge in [-0.25, -0.2) is 0 Å². The zero-order chi connectivity index (χ0) is 19.0. The first-order valence-electron chi connectivity index (χ1n) is 8.40. The molecule has 0 amide bonds. The molecule has 0 radical (unpaired) electrons.